The number of para-hydroxylation sites is 1. The van der Waals surface area contributed by atoms with Gasteiger partial charge in [0.1, 0.15) is 5.75 Å². The van der Waals surface area contributed by atoms with Crippen molar-refractivity contribution in [3.63, 3.8) is 0 Å². The van der Waals surface area contributed by atoms with E-state index >= 15 is 0 Å². The lowest BCUT2D eigenvalue weighted by atomic mass is 10.0. The van der Waals surface area contributed by atoms with Crippen molar-refractivity contribution < 1.29 is 19.4 Å². The fourth-order valence-electron chi connectivity index (χ4n) is 2.33. The molecule has 1 heterocycles. The number of hydrogen-bond acceptors (Lipinski definition) is 3. The first kappa shape index (κ1) is 15.1. The first-order valence-electron chi connectivity index (χ1n) is 6.81. The van der Waals surface area contributed by atoms with Gasteiger partial charge >= 0.3 is 5.97 Å². The molecule has 0 atom stereocenters. The molecule has 2 N–H and O–H groups in total. The lowest BCUT2D eigenvalue weighted by Gasteiger charge is -2.07. The van der Waals surface area contributed by atoms with Gasteiger partial charge in [-0.1, -0.05) is 29.8 Å². The fraction of sp³-hybridized carbons (Fsp3) is 0.0588. The summed E-state index contributed by atoms with van der Waals surface area (Å²) in [6.45, 7) is -0.450. The number of carbonyl (C=O) groups is 2. The SMILES string of the molecule is O=C(O)COc1ccccc1/C=C1/C(=O)Nc2ccc(Cl)cc21. The summed E-state index contributed by atoms with van der Waals surface area (Å²) in [5, 5.41) is 12.0. The fourth-order valence-corrected chi connectivity index (χ4v) is 2.50. The number of rotatable bonds is 4. The van der Waals surface area contributed by atoms with Gasteiger partial charge in [-0.15, -0.1) is 0 Å². The van der Waals surface area contributed by atoms with Gasteiger partial charge < -0.3 is 15.2 Å². The molecule has 0 spiro atoms. The number of carbonyl (C=O) groups excluding carboxylic acids is 1. The molecule has 1 amide bonds. The Bertz CT molecular complexity index is 829. The maximum atomic E-state index is 12.2. The van der Waals surface area contributed by atoms with E-state index in [0.29, 0.717) is 33.2 Å². The summed E-state index contributed by atoms with van der Waals surface area (Å²) in [5.74, 6) is -0.913. The number of anilines is 1. The number of fused-ring (bicyclic) bond motifs is 1. The predicted molar refractivity (Wildman–Crippen MR) is 87.5 cm³/mol. The minimum absolute atomic E-state index is 0.240. The summed E-state index contributed by atoms with van der Waals surface area (Å²) >= 11 is 6.00. The predicted octanol–water partition coefficient (Wildman–Crippen LogP) is 3.30. The van der Waals surface area contributed by atoms with Crippen LogP contribution in [0.5, 0.6) is 5.75 Å². The van der Waals surface area contributed by atoms with Crippen molar-refractivity contribution in [2.45, 2.75) is 0 Å². The molecule has 1 aliphatic heterocycles. The second-order valence-electron chi connectivity index (χ2n) is 4.92. The molecule has 2 aromatic carbocycles. The van der Waals surface area contributed by atoms with Crippen LogP contribution in [0.3, 0.4) is 0 Å². The van der Waals surface area contributed by atoms with Crippen molar-refractivity contribution in [2.24, 2.45) is 0 Å². The maximum Gasteiger partial charge on any atom is 0.341 e. The highest BCUT2D eigenvalue weighted by Crippen LogP contribution is 2.36. The van der Waals surface area contributed by atoms with Gasteiger partial charge in [-0.25, -0.2) is 4.79 Å². The van der Waals surface area contributed by atoms with Crippen molar-refractivity contribution >= 4 is 40.8 Å². The summed E-state index contributed by atoms with van der Waals surface area (Å²) in [6, 6.07) is 12.1. The first-order chi connectivity index (χ1) is 11.0. The van der Waals surface area contributed by atoms with E-state index in [2.05, 4.69) is 5.32 Å². The van der Waals surface area contributed by atoms with Gasteiger partial charge in [0.2, 0.25) is 0 Å². The van der Waals surface area contributed by atoms with Crippen molar-refractivity contribution in [1.29, 1.82) is 0 Å². The Morgan fingerprint density at radius 2 is 2.04 bits per heavy atom. The van der Waals surface area contributed by atoms with E-state index in [1.165, 1.54) is 0 Å². The van der Waals surface area contributed by atoms with Crippen LogP contribution in [0.2, 0.25) is 5.02 Å². The van der Waals surface area contributed by atoms with E-state index in [-0.39, 0.29) is 5.91 Å². The largest absolute Gasteiger partial charge is 0.481 e. The summed E-state index contributed by atoms with van der Waals surface area (Å²) < 4.78 is 5.25. The third kappa shape index (κ3) is 3.19. The number of amides is 1. The highest BCUT2D eigenvalue weighted by atomic mass is 35.5. The molecule has 5 nitrogen and oxygen atoms in total. The number of carboxylic acid groups (broad SMARTS) is 1. The van der Waals surface area contributed by atoms with Crippen LogP contribution in [0, 0.1) is 0 Å². The maximum absolute atomic E-state index is 12.2. The van der Waals surface area contributed by atoms with Crippen molar-refractivity contribution in [3.05, 3.63) is 58.6 Å². The van der Waals surface area contributed by atoms with Crippen LogP contribution < -0.4 is 10.1 Å². The number of aliphatic carboxylic acids is 1. The zero-order chi connectivity index (χ0) is 16.4. The van der Waals surface area contributed by atoms with Gasteiger partial charge in [0.25, 0.3) is 5.91 Å². The van der Waals surface area contributed by atoms with Gasteiger partial charge in [-0.05, 0) is 30.3 Å². The van der Waals surface area contributed by atoms with Crippen LogP contribution >= 0.6 is 11.6 Å². The second kappa shape index (κ2) is 6.14. The smallest absolute Gasteiger partial charge is 0.341 e. The average Bonchev–Trinajstić information content (AvgIpc) is 2.82. The molecule has 0 saturated carbocycles. The Kier molecular flexibility index (Phi) is 4.04. The molecular weight excluding hydrogens is 318 g/mol. The van der Waals surface area contributed by atoms with Crippen molar-refractivity contribution in [2.75, 3.05) is 11.9 Å². The summed E-state index contributed by atoms with van der Waals surface area (Å²) in [7, 11) is 0. The second-order valence-corrected chi connectivity index (χ2v) is 5.36. The van der Waals surface area contributed by atoms with E-state index in [0.717, 1.165) is 0 Å². The lowest BCUT2D eigenvalue weighted by Crippen LogP contribution is -2.10. The highest BCUT2D eigenvalue weighted by molar-refractivity contribution is 6.36. The van der Waals surface area contributed by atoms with Crippen LogP contribution in [0.25, 0.3) is 11.6 Å². The Balaban J connectivity index is 2.01. The molecule has 6 heteroatoms. The number of halogens is 1. The molecular formula is C17H12ClNO4. The number of carboxylic acids is 1. The molecule has 0 aromatic heterocycles. The zero-order valence-electron chi connectivity index (χ0n) is 11.9. The Labute approximate surface area is 137 Å². The summed E-state index contributed by atoms with van der Waals surface area (Å²) in [5.41, 5.74) is 2.46. The molecule has 116 valence electrons. The van der Waals surface area contributed by atoms with E-state index in [9.17, 15) is 9.59 Å². The monoisotopic (exact) mass is 329 g/mol. The molecule has 0 fully saturated rings. The lowest BCUT2D eigenvalue weighted by molar-refractivity contribution is -0.139. The van der Waals surface area contributed by atoms with Gasteiger partial charge in [0.05, 0.1) is 0 Å². The van der Waals surface area contributed by atoms with Gasteiger partial charge in [0.15, 0.2) is 6.61 Å². The molecule has 2 aromatic rings. The molecule has 0 radical (unpaired) electrons. The number of ether oxygens (including phenoxy) is 1. The normalized spacial score (nSPS) is 14.5. The van der Waals surface area contributed by atoms with Crippen LogP contribution in [-0.4, -0.2) is 23.6 Å². The van der Waals surface area contributed by atoms with Crippen LogP contribution in [-0.2, 0) is 9.59 Å². The van der Waals surface area contributed by atoms with Gasteiger partial charge in [0, 0.05) is 27.4 Å². The number of benzene rings is 2. The quantitative estimate of drug-likeness (QED) is 0.844. The van der Waals surface area contributed by atoms with Crippen LogP contribution in [0.15, 0.2) is 42.5 Å². The third-order valence-corrected chi connectivity index (χ3v) is 3.57. The summed E-state index contributed by atoms with van der Waals surface area (Å²) in [6.07, 6.45) is 1.66. The molecule has 0 unspecified atom stereocenters. The first-order valence-corrected chi connectivity index (χ1v) is 7.19. The van der Waals surface area contributed by atoms with E-state index in [1.807, 2.05) is 0 Å². The van der Waals surface area contributed by atoms with E-state index < -0.39 is 12.6 Å². The van der Waals surface area contributed by atoms with E-state index in [4.69, 9.17) is 21.4 Å². The van der Waals surface area contributed by atoms with E-state index in [1.54, 1.807) is 48.5 Å². The molecule has 3 rings (SSSR count). The molecule has 0 aliphatic carbocycles. The molecule has 0 bridgehead atoms. The minimum atomic E-state index is -1.07. The number of hydrogen-bond donors (Lipinski definition) is 2. The Morgan fingerprint density at radius 1 is 1.26 bits per heavy atom. The average molecular weight is 330 g/mol. The highest BCUT2D eigenvalue weighted by Gasteiger charge is 2.24. The van der Waals surface area contributed by atoms with Crippen LogP contribution in [0.1, 0.15) is 11.1 Å². The summed E-state index contributed by atoms with van der Waals surface area (Å²) in [4.78, 5) is 22.8. The standard InChI is InChI=1S/C17H12ClNO4/c18-11-5-6-14-12(8-11)13(17(22)19-14)7-10-3-1-2-4-15(10)23-9-16(20)21/h1-8H,9H2,(H,19,22)(H,20,21)/b13-7+. The van der Waals surface area contributed by atoms with Crippen molar-refractivity contribution in [1.82, 2.24) is 0 Å². The number of nitrogens with one attached hydrogen (secondary N) is 1. The molecule has 1 aliphatic rings. The zero-order valence-corrected chi connectivity index (χ0v) is 12.6. The van der Waals surface area contributed by atoms with Crippen molar-refractivity contribution in [3.8, 4) is 5.75 Å². The third-order valence-electron chi connectivity index (χ3n) is 3.33. The van der Waals surface area contributed by atoms with Gasteiger partial charge in [-0.3, -0.25) is 4.79 Å². The van der Waals surface area contributed by atoms with Gasteiger partial charge in [-0.2, -0.15) is 0 Å². The topological polar surface area (TPSA) is 75.6 Å². The molecule has 0 saturated heterocycles. The van der Waals surface area contributed by atoms with Crippen LogP contribution in [0.4, 0.5) is 5.69 Å². The minimum Gasteiger partial charge on any atom is -0.481 e. The Hall–Kier alpha value is -2.79. The Morgan fingerprint density at radius 3 is 2.83 bits per heavy atom. The molecule has 23 heavy (non-hydrogen) atoms.